The van der Waals surface area contributed by atoms with Gasteiger partial charge in [0.25, 0.3) is 5.91 Å². The molecular weight excluding hydrogens is 458 g/mol. The predicted molar refractivity (Wildman–Crippen MR) is 134 cm³/mol. The lowest BCUT2D eigenvalue weighted by Crippen LogP contribution is -2.41. The highest BCUT2D eigenvalue weighted by atomic mass is 16.5. The molecule has 0 unspecified atom stereocenters. The number of para-hydroxylation sites is 2. The number of aromatic nitrogens is 4. The van der Waals surface area contributed by atoms with Gasteiger partial charge < -0.3 is 14.6 Å². The molecule has 184 valence electrons. The first kappa shape index (κ1) is 23.5. The Morgan fingerprint density at radius 3 is 2.44 bits per heavy atom. The van der Waals surface area contributed by atoms with Gasteiger partial charge in [0.2, 0.25) is 0 Å². The fraction of sp³-hybridized carbons (Fsp3) is 0.296. The molecule has 1 aliphatic rings. The number of likely N-dealkylation sites (tertiary alicyclic amines) is 1. The third-order valence-corrected chi connectivity index (χ3v) is 6.56. The summed E-state index contributed by atoms with van der Waals surface area (Å²) < 4.78 is 7.28. The van der Waals surface area contributed by atoms with Crippen LogP contribution < -0.4 is 5.69 Å². The van der Waals surface area contributed by atoms with Crippen molar-refractivity contribution in [3.8, 4) is 0 Å². The van der Waals surface area contributed by atoms with Crippen LogP contribution in [0.3, 0.4) is 0 Å². The molecule has 0 aliphatic carbocycles. The quantitative estimate of drug-likeness (QED) is 0.433. The van der Waals surface area contributed by atoms with Crippen LogP contribution in [0, 0.1) is 13.8 Å². The molecule has 9 heteroatoms. The second kappa shape index (κ2) is 9.77. The zero-order valence-electron chi connectivity index (χ0n) is 20.2. The summed E-state index contributed by atoms with van der Waals surface area (Å²) in [4.78, 5) is 52.4. The number of fused-ring (bicyclic) bond motifs is 1. The number of imidazole rings is 1. The lowest BCUT2D eigenvalue weighted by molar-refractivity contribution is 0.0461. The highest BCUT2D eigenvalue weighted by Crippen LogP contribution is 2.26. The number of piperidine rings is 1. The van der Waals surface area contributed by atoms with Gasteiger partial charge in [-0.2, -0.15) is 0 Å². The van der Waals surface area contributed by atoms with Crippen LogP contribution in [-0.2, 0) is 11.3 Å². The number of rotatable bonds is 5. The first-order valence-electron chi connectivity index (χ1n) is 12.0. The van der Waals surface area contributed by atoms with Gasteiger partial charge in [0.05, 0.1) is 16.7 Å². The SMILES string of the molecule is Cc1nc(C)c(C(=O)OCc2ccccc2)c(C(=O)N2CCC(n3c(=O)[nH]c4ccccc43)CC2)n1. The number of aryl methyl sites for hydroxylation is 2. The number of benzene rings is 2. The van der Waals surface area contributed by atoms with Crippen LogP contribution in [0.25, 0.3) is 11.0 Å². The van der Waals surface area contributed by atoms with E-state index < -0.39 is 5.97 Å². The zero-order valence-corrected chi connectivity index (χ0v) is 20.2. The highest BCUT2D eigenvalue weighted by Gasteiger charge is 2.31. The Morgan fingerprint density at radius 1 is 1.00 bits per heavy atom. The van der Waals surface area contributed by atoms with Crippen LogP contribution in [0.5, 0.6) is 0 Å². The molecule has 0 atom stereocenters. The molecule has 0 radical (unpaired) electrons. The van der Waals surface area contributed by atoms with Crippen LogP contribution >= 0.6 is 0 Å². The van der Waals surface area contributed by atoms with Gasteiger partial charge in [0, 0.05) is 19.1 Å². The number of ether oxygens (including phenoxy) is 1. The van der Waals surface area contributed by atoms with E-state index in [2.05, 4.69) is 15.0 Å². The van der Waals surface area contributed by atoms with Crippen molar-refractivity contribution in [1.82, 2.24) is 24.4 Å². The van der Waals surface area contributed by atoms with Gasteiger partial charge >= 0.3 is 11.7 Å². The molecule has 1 aliphatic heterocycles. The first-order valence-corrected chi connectivity index (χ1v) is 12.0. The molecule has 2 aromatic heterocycles. The third-order valence-electron chi connectivity index (χ3n) is 6.56. The summed E-state index contributed by atoms with van der Waals surface area (Å²) in [7, 11) is 0. The van der Waals surface area contributed by atoms with Gasteiger partial charge in [-0.3, -0.25) is 9.36 Å². The molecule has 9 nitrogen and oxygen atoms in total. The number of aromatic amines is 1. The fourth-order valence-corrected chi connectivity index (χ4v) is 4.82. The van der Waals surface area contributed by atoms with Crippen molar-refractivity contribution in [2.24, 2.45) is 0 Å². The van der Waals surface area contributed by atoms with Crippen molar-refractivity contribution in [2.75, 3.05) is 13.1 Å². The summed E-state index contributed by atoms with van der Waals surface area (Å²) in [6.45, 7) is 4.34. The Morgan fingerprint density at radius 2 is 1.69 bits per heavy atom. The minimum Gasteiger partial charge on any atom is -0.457 e. The van der Waals surface area contributed by atoms with Gasteiger partial charge in [0.1, 0.15) is 23.7 Å². The minimum atomic E-state index is -0.625. The number of hydrogen-bond donors (Lipinski definition) is 1. The third kappa shape index (κ3) is 4.51. The molecule has 0 spiro atoms. The van der Waals surface area contributed by atoms with Crippen molar-refractivity contribution in [3.05, 3.63) is 93.4 Å². The smallest absolute Gasteiger partial charge is 0.342 e. The number of nitrogens with one attached hydrogen (secondary N) is 1. The summed E-state index contributed by atoms with van der Waals surface area (Å²) in [5.74, 6) is -0.546. The Balaban J connectivity index is 1.34. The minimum absolute atomic E-state index is 0.0260. The second-order valence-electron chi connectivity index (χ2n) is 8.98. The highest BCUT2D eigenvalue weighted by molar-refractivity contribution is 6.04. The van der Waals surface area contributed by atoms with Gasteiger partial charge in [-0.15, -0.1) is 0 Å². The van der Waals surface area contributed by atoms with Gasteiger partial charge in [0.15, 0.2) is 0 Å². The summed E-state index contributed by atoms with van der Waals surface area (Å²) >= 11 is 0. The summed E-state index contributed by atoms with van der Waals surface area (Å²) in [6.07, 6.45) is 1.23. The number of carbonyl (C=O) groups excluding carboxylic acids is 2. The maximum atomic E-state index is 13.5. The average molecular weight is 486 g/mol. The molecule has 3 heterocycles. The van der Waals surface area contributed by atoms with E-state index >= 15 is 0 Å². The average Bonchev–Trinajstić information content (AvgIpc) is 3.22. The topological polar surface area (TPSA) is 110 Å². The normalized spacial score (nSPS) is 14.2. The first-order chi connectivity index (χ1) is 17.4. The number of amides is 1. The fourth-order valence-electron chi connectivity index (χ4n) is 4.82. The molecule has 2 aromatic carbocycles. The van der Waals surface area contributed by atoms with E-state index in [-0.39, 0.29) is 35.5 Å². The Labute approximate surface area is 207 Å². The Kier molecular flexibility index (Phi) is 6.37. The summed E-state index contributed by atoms with van der Waals surface area (Å²) in [5.41, 5.74) is 2.91. The van der Waals surface area contributed by atoms with E-state index in [1.54, 1.807) is 23.3 Å². The number of H-pyrrole nitrogens is 1. The summed E-state index contributed by atoms with van der Waals surface area (Å²) in [5, 5.41) is 0. The number of carbonyl (C=O) groups is 2. The Hall–Kier alpha value is -4.27. The second-order valence-corrected chi connectivity index (χ2v) is 8.98. The van der Waals surface area contributed by atoms with Crippen LogP contribution in [0.4, 0.5) is 0 Å². The molecule has 1 saturated heterocycles. The monoisotopic (exact) mass is 485 g/mol. The van der Waals surface area contributed by atoms with Gasteiger partial charge in [-0.05, 0) is 44.4 Å². The van der Waals surface area contributed by atoms with Crippen molar-refractivity contribution >= 4 is 22.9 Å². The molecular formula is C27H27N5O4. The maximum Gasteiger partial charge on any atom is 0.342 e. The standard InChI is InChI=1S/C27H27N5O4/c1-17-23(26(34)36-16-19-8-4-3-5-9-19)24(29-18(2)28-17)25(33)31-14-12-20(13-15-31)32-22-11-7-6-10-21(22)30-27(32)35/h3-11,20H,12-16H2,1-2H3,(H,30,35). The lowest BCUT2D eigenvalue weighted by Gasteiger charge is -2.32. The predicted octanol–water partition coefficient (Wildman–Crippen LogP) is 3.57. The van der Waals surface area contributed by atoms with Gasteiger partial charge in [-0.1, -0.05) is 42.5 Å². The van der Waals surface area contributed by atoms with Crippen LogP contribution in [-0.4, -0.2) is 49.4 Å². The molecule has 0 bridgehead atoms. The Bertz CT molecular complexity index is 1480. The van der Waals surface area contributed by atoms with Crippen molar-refractivity contribution in [2.45, 2.75) is 39.3 Å². The molecule has 4 aromatic rings. The maximum absolute atomic E-state index is 13.5. The molecule has 36 heavy (non-hydrogen) atoms. The van der Waals surface area contributed by atoms with E-state index in [9.17, 15) is 14.4 Å². The number of hydrogen-bond acceptors (Lipinski definition) is 6. The van der Waals surface area contributed by atoms with Crippen molar-refractivity contribution < 1.29 is 14.3 Å². The molecule has 1 fully saturated rings. The zero-order chi connectivity index (χ0) is 25.2. The van der Waals surface area contributed by atoms with Crippen LogP contribution in [0.2, 0.25) is 0 Å². The van der Waals surface area contributed by atoms with E-state index in [4.69, 9.17) is 4.74 Å². The lowest BCUT2D eigenvalue weighted by atomic mass is 10.0. The molecule has 0 saturated carbocycles. The molecule has 1 amide bonds. The number of esters is 1. The number of nitrogens with zero attached hydrogens (tertiary/aromatic N) is 4. The summed E-state index contributed by atoms with van der Waals surface area (Å²) in [6, 6.07) is 16.9. The largest absolute Gasteiger partial charge is 0.457 e. The molecule has 5 rings (SSSR count). The van der Waals surface area contributed by atoms with E-state index in [1.165, 1.54) is 0 Å². The van der Waals surface area contributed by atoms with Crippen molar-refractivity contribution in [3.63, 3.8) is 0 Å². The molecule has 1 N–H and O–H groups in total. The van der Waals surface area contributed by atoms with Crippen LogP contribution in [0.15, 0.2) is 59.4 Å². The van der Waals surface area contributed by atoms with Crippen LogP contribution in [0.1, 0.15) is 56.8 Å². The van der Waals surface area contributed by atoms with Crippen molar-refractivity contribution in [1.29, 1.82) is 0 Å². The van der Waals surface area contributed by atoms with E-state index in [1.807, 2.05) is 54.6 Å². The van der Waals surface area contributed by atoms with E-state index in [0.29, 0.717) is 37.4 Å². The van der Waals surface area contributed by atoms with Gasteiger partial charge in [-0.25, -0.2) is 19.6 Å². The van der Waals surface area contributed by atoms with E-state index in [0.717, 1.165) is 16.6 Å².